The maximum Gasteiger partial charge on any atom is 0.234 e. The number of carbonyl (C=O) groups is 1. The molecule has 0 aromatic rings. The summed E-state index contributed by atoms with van der Waals surface area (Å²) in [6.07, 6.45) is 1.78. The molecule has 1 fully saturated rings. The number of hydrogen-bond donors (Lipinski definition) is 1. The van der Waals surface area contributed by atoms with Gasteiger partial charge in [-0.3, -0.25) is 9.69 Å². The van der Waals surface area contributed by atoms with Gasteiger partial charge in [0.15, 0.2) is 0 Å². The first-order chi connectivity index (χ1) is 8.02. The van der Waals surface area contributed by atoms with E-state index in [9.17, 15) is 4.79 Å². The number of carbonyl (C=O) groups excluding carboxylic acids is 1. The monoisotopic (exact) mass is 237 g/mol. The lowest BCUT2D eigenvalue weighted by molar-refractivity contribution is -0.123. The number of amides is 1. The van der Waals surface area contributed by atoms with E-state index in [0.29, 0.717) is 12.5 Å². The molecule has 1 N–H and O–H groups in total. The van der Waals surface area contributed by atoms with E-state index in [2.05, 4.69) is 30.1 Å². The number of nitrogens with one attached hydrogen (secondary N) is 1. The van der Waals surface area contributed by atoms with Gasteiger partial charge in [0.25, 0.3) is 0 Å². The van der Waals surface area contributed by atoms with Crippen LogP contribution >= 0.6 is 0 Å². The second kappa shape index (κ2) is 6.61. The highest BCUT2D eigenvalue weighted by Gasteiger charge is 2.21. The van der Waals surface area contributed by atoms with Crippen LogP contribution in [0.3, 0.4) is 0 Å². The Morgan fingerprint density at radius 2 is 2.00 bits per heavy atom. The number of rotatable bonds is 4. The van der Waals surface area contributed by atoms with Crippen molar-refractivity contribution in [1.29, 1.82) is 5.26 Å². The van der Waals surface area contributed by atoms with E-state index in [-0.39, 0.29) is 17.9 Å². The molecule has 0 saturated carbocycles. The molecule has 1 unspecified atom stereocenters. The van der Waals surface area contributed by atoms with Crippen LogP contribution in [0.5, 0.6) is 0 Å². The van der Waals surface area contributed by atoms with Gasteiger partial charge in [-0.2, -0.15) is 5.26 Å². The summed E-state index contributed by atoms with van der Waals surface area (Å²) in [5.74, 6) is 0.744. The van der Waals surface area contributed by atoms with Crippen molar-refractivity contribution >= 4 is 5.91 Å². The summed E-state index contributed by atoms with van der Waals surface area (Å²) < 4.78 is 0. The number of nitriles is 1. The van der Waals surface area contributed by atoms with Gasteiger partial charge in [-0.25, -0.2) is 0 Å². The SMILES string of the molecule is CC(C)C(C)NC(=O)CN1CCC(C#N)CC1. The lowest BCUT2D eigenvalue weighted by Gasteiger charge is -2.29. The fraction of sp³-hybridized carbons (Fsp3) is 0.846. The van der Waals surface area contributed by atoms with E-state index in [1.165, 1.54) is 0 Å². The van der Waals surface area contributed by atoms with Gasteiger partial charge < -0.3 is 5.32 Å². The fourth-order valence-corrected chi connectivity index (χ4v) is 1.89. The van der Waals surface area contributed by atoms with Crippen LogP contribution in [0.4, 0.5) is 0 Å². The normalized spacial score (nSPS) is 19.9. The van der Waals surface area contributed by atoms with Crippen LogP contribution in [0.15, 0.2) is 0 Å². The molecule has 0 aromatic carbocycles. The van der Waals surface area contributed by atoms with E-state index in [1.54, 1.807) is 0 Å². The Bertz CT molecular complexity index is 288. The minimum atomic E-state index is 0.0987. The minimum absolute atomic E-state index is 0.0987. The van der Waals surface area contributed by atoms with Crippen LogP contribution in [-0.2, 0) is 4.79 Å². The lowest BCUT2D eigenvalue weighted by atomic mass is 9.99. The van der Waals surface area contributed by atoms with Gasteiger partial charge in [0.05, 0.1) is 12.6 Å². The third-order valence-electron chi connectivity index (χ3n) is 3.53. The molecule has 0 aliphatic carbocycles. The highest BCUT2D eigenvalue weighted by molar-refractivity contribution is 5.78. The van der Waals surface area contributed by atoms with Crippen molar-refractivity contribution in [3.8, 4) is 6.07 Å². The van der Waals surface area contributed by atoms with Gasteiger partial charge in [-0.1, -0.05) is 13.8 Å². The van der Waals surface area contributed by atoms with E-state index < -0.39 is 0 Å². The summed E-state index contributed by atoms with van der Waals surface area (Å²) in [6.45, 7) is 8.43. The Morgan fingerprint density at radius 1 is 1.41 bits per heavy atom. The fourth-order valence-electron chi connectivity index (χ4n) is 1.89. The summed E-state index contributed by atoms with van der Waals surface area (Å²) in [5.41, 5.74) is 0. The van der Waals surface area contributed by atoms with Crippen LogP contribution in [0, 0.1) is 23.2 Å². The first-order valence-electron chi connectivity index (χ1n) is 6.44. The minimum Gasteiger partial charge on any atom is -0.352 e. The second-order valence-electron chi connectivity index (χ2n) is 5.28. The van der Waals surface area contributed by atoms with Crippen LogP contribution < -0.4 is 5.32 Å². The summed E-state index contributed by atoms with van der Waals surface area (Å²) >= 11 is 0. The van der Waals surface area contributed by atoms with Gasteiger partial charge in [0, 0.05) is 12.0 Å². The lowest BCUT2D eigenvalue weighted by Crippen LogP contribution is -2.45. The number of nitrogens with zero attached hydrogens (tertiary/aromatic N) is 2. The van der Waals surface area contributed by atoms with E-state index in [4.69, 9.17) is 5.26 Å². The molecule has 1 amide bonds. The Morgan fingerprint density at radius 3 is 2.47 bits per heavy atom. The molecule has 0 spiro atoms. The largest absolute Gasteiger partial charge is 0.352 e. The molecule has 1 aliphatic heterocycles. The summed E-state index contributed by atoms with van der Waals surface area (Å²) in [4.78, 5) is 13.9. The van der Waals surface area contributed by atoms with E-state index in [1.807, 2.05) is 6.92 Å². The Kier molecular flexibility index (Phi) is 5.43. The first-order valence-corrected chi connectivity index (χ1v) is 6.44. The number of hydrogen-bond acceptors (Lipinski definition) is 3. The molecule has 0 aromatic heterocycles. The van der Waals surface area contributed by atoms with E-state index in [0.717, 1.165) is 25.9 Å². The van der Waals surface area contributed by atoms with Crippen LogP contribution in [0.2, 0.25) is 0 Å². The van der Waals surface area contributed by atoms with Gasteiger partial charge in [0.1, 0.15) is 0 Å². The van der Waals surface area contributed by atoms with Crippen molar-refractivity contribution in [3.63, 3.8) is 0 Å². The molecule has 0 bridgehead atoms. The molecular weight excluding hydrogens is 214 g/mol. The molecular formula is C13H23N3O. The zero-order valence-corrected chi connectivity index (χ0v) is 11.1. The molecule has 1 aliphatic rings. The molecule has 96 valence electrons. The van der Waals surface area contributed by atoms with Gasteiger partial charge in [-0.15, -0.1) is 0 Å². The van der Waals surface area contributed by atoms with Crippen molar-refractivity contribution < 1.29 is 4.79 Å². The topological polar surface area (TPSA) is 56.1 Å². The van der Waals surface area contributed by atoms with Crippen molar-refractivity contribution in [2.45, 2.75) is 39.7 Å². The summed E-state index contributed by atoms with van der Waals surface area (Å²) in [5, 5.41) is 11.8. The highest BCUT2D eigenvalue weighted by Crippen LogP contribution is 2.15. The third-order valence-corrected chi connectivity index (χ3v) is 3.53. The Labute approximate surface area is 104 Å². The molecule has 17 heavy (non-hydrogen) atoms. The molecule has 1 saturated heterocycles. The maximum atomic E-state index is 11.8. The molecule has 4 nitrogen and oxygen atoms in total. The summed E-state index contributed by atoms with van der Waals surface area (Å²) in [6, 6.07) is 2.52. The number of piperidine rings is 1. The van der Waals surface area contributed by atoms with Crippen molar-refractivity contribution in [2.75, 3.05) is 19.6 Å². The van der Waals surface area contributed by atoms with Crippen molar-refractivity contribution in [1.82, 2.24) is 10.2 Å². The average molecular weight is 237 g/mol. The quantitative estimate of drug-likeness (QED) is 0.803. The van der Waals surface area contributed by atoms with Gasteiger partial charge >= 0.3 is 0 Å². The zero-order chi connectivity index (χ0) is 12.8. The molecule has 4 heteroatoms. The van der Waals surface area contributed by atoms with Gasteiger partial charge in [0.2, 0.25) is 5.91 Å². The van der Waals surface area contributed by atoms with E-state index >= 15 is 0 Å². The van der Waals surface area contributed by atoms with Crippen molar-refractivity contribution in [2.24, 2.45) is 11.8 Å². The standard InChI is InChI=1S/C13H23N3O/c1-10(2)11(3)15-13(17)9-16-6-4-12(8-14)5-7-16/h10-12H,4-7,9H2,1-3H3,(H,15,17). The first kappa shape index (κ1) is 14.0. The summed E-state index contributed by atoms with van der Waals surface area (Å²) in [7, 11) is 0. The molecule has 0 radical (unpaired) electrons. The molecule has 1 rings (SSSR count). The smallest absolute Gasteiger partial charge is 0.234 e. The van der Waals surface area contributed by atoms with Crippen molar-refractivity contribution in [3.05, 3.63) is 0 Å². The molecule has 1 heterocycles. The average Bonchev–Trinajstić information content (AvgIpc) is 2.29. The predicted molar refractivity (Wildman–Crippen MR) is 67.2 cm³/mol. The zero-order valence-electron chi connectivity index (χ0n) is 11.1. The Hall–Kier alpha value is -1.08. The predicted octanol–water partition coefficient (Wildman–Crippen LogP) is 1.38. The third kappa shape index (κ3) is 4.74. The van der Waals surface area contributed by atoms with Crippen LogP contribution in [0.25, 0.3) is 0 Å². The van der Waals surface area contributed by atoms with Crippen LogP contribution in [0.1, 0.15) is 33.6 Å². The Balaban J connectivity index is 2.26. The molecule has 1 atom stereocenters. The highest BCUT2D eigenvalue weighted by atomic mass is 16.2. The number of likely N-dealkylation sites (tertiary alicyclic amines) is 1. The second-order valence-corrected chi connectivity index (χ2v) is 5.28. The van der Waals surface area contributed by atoms with Gasteiger partial charge in [-0.05, 0) is 38.8 Å². The maximum absolute atomic E-state index is 11.8. The van der Waals surface area contributed by atoms with Crippen LogP contribution in [-0.4, -0.2) is 36.5 Å².